The fourth-order valence-corrected chi connectivity index (χ4v) is 1.55. The first-order chi connectivity index (χ1) is 6.59. The van der Waals surface area contributed by atoms with Crippen LogP contribution in [0.3, 0.4) is 0 Å². The molecule has 0 aromatic rings. The molecular formula is C9H16N2O3. The minimum atomic E-state index is -0.779. The van der Waals surface area contributed by atoms with Crippen molar-refractivity contribution in [1.29, 1.82) is 0 Å². The van der Waals surface area contributed by atoms with Gasteiger partial charge >= 0.3 is 5.97 Å². The van der Waals surface area contributed by atoms with Crippen LogP contribution in [-0.4, -0.2) is 47.6 Å². The molecule has 0 bridgehead atoms. The zero-order chi connectivity index (χ0) is 10.6. The number of carboxylic acids is 1. The first-order valence-corrected chi connectivity index (χ1v) is 4.82. The van der Waals surface area contributed by atoms with Crippen LogP contribution in [0.5, 0.6) is 0 Å². The number of carbonyl (C=O) groups is 2. The number of hydrogen-bond acceptors (Lipinski definition) is 3. The molecule has 14 heavy (non-hydrogen) atoms. The van der Waals surface area contributed by atoms with Gasteiger partial charge in [0.05, 0.1) is 6.54 Å². The second-order valence-electron chi connectivity index (χ2n) is 3.60. The third kappa shape index (κ3) is 3.33. The number of carboxylic acid groups (broad SMARTS) is 1. The number of aliphatic carboxylic acids is 1. The Kier molecular flexibility index (Phi) is 3.88. The lowest BCUT2D eigenvalue weighted by molar-refractivity contribution is -0.137. The van der Waals surface area contributed by atoms with Crippen LogP contribution in [0.4, 0.5) is 0 Å². The number of rotatable bonds is 4. The van der Waals surface area contributed by atoms with Crippen molar-refractivity contribution < 1.29 is 14.7 Å². The molecule has 1 rings (SSSR count). The van der Waals surface area contributed by atoms with Crippen molar-refractivity contribution in [2.24, 2.45) is 0 Å². The van der Waals surface area contributed by atoms with Gasteiger partial charge in [0.2, 0.25) is 5.91 Å². The summed E-state index contributed by atoms with van der Waals surface area (Å²) in [4.78, 5) is 23.4. The van der Waals surface area contributed by atoms with Gasteiger partial charge in [-0.1, -0.05) is 0 Å². The lowest BCUT2D eigenvalue weighted by Crippen LogP contribution is -2.50. The van der Waals surface area contributed by atoms with E-state index in [1.54, 1.807) is 0 Å². The molecule has 80 valence electrons. The molecule has 0 saturated carbocycles. The van der Waals surface area contributed by atoms with Crippen LogP contribution in [0.25, 0.3) is 0 Å². The Labute approximate surface area is 83.1 Å². The fraction of sp³-hybridized carbons (Fsp3) is 0.778. The van der Waals surface area contributed by atoms with Gasteiger partial charge in [-0.15, -0.1) is 0 Å². The Morgan fingerprint density at radius 1 is 1.71 bits per heavy atom. The normalized spacial score (nSPS) is 20.2. The first kappa shape index (κ1) is 11.0. The smallest absolute Gasteiger partial charge is 0.303 e. The largest absolute Gasteiger partial charge is 0.481 e. The zero-order valence-electron chi connectivity index (χ0n) is 8.32. The maximum atomic E-state index is 11.0. The van der Waals surface area contributed by atoms with Gasteiger partial charge in [0, 0.05) is 25.6 Å². The zero-order valence-corrected chi connectivity index (χ0v) is 8.32. The van der Waals surface area contributed by atoms with Crippen LogP contribution in [-0.2, 0) is 9.59 Å². The van der Waals surface area contributed by atoms with Crippen LogP contribution in [0, 0.1) is 0 Å². The molecule has 1 amide bonds. The standard InChI is InChI=1S/C9H16N2O3/c1-7(2-3-9(13)14)11-5-4-10-8(12)6-11/h7H,2-6H2,1H3,(H,10,12)(H,13,14). The van der Waals surface area contributed by atoms with E-state index < -0.39 is 5.97 Å². The molecule has 0 spiro atoms. The lowest BCUT2D eigenvalue weighted by atomic mass is 10.1. The van der Waals surface area contributed by atoms with E-state index in [4.69, 9.17) is 5.11 Å². The molecule has 0 radical (unpaired) electrons. The van der Waals surface area contributed by atoms with E-state index in [-0.39, 0.29) is 18.4 Å². The average molecular weight is 200 g/mol. The maximum absolute atomic E-state index is 11.0. The Bertz CT molecular complexity index is 230. The molecule has 0 aliphatic carbocycles. The van der Waals surface area contributed by atoms with Crippen molar-refractivity contribution in [2.75, 3.05) is 19.6 Å². The van der Waals surface area contributed by atoms with E-state index in [1.165, 1.54) is 0 Å². The second kappa shape index (κ2) is 4.95. The highest BCUT2D eigenvalue weighted by atomic mass is 16.4. The molecule has 5 nitrogen and oxygen atoms in total. The molecule has 0 aromatic heterocycles. The minimum absolute atomic E-state index is 0.0263. The van der Waals surface area contributed by atoms with Gasteiger partial charge in [-0.05, 0) is 13.3 Å². The number of amides is 1. The SMILES string of the molecule is CC(CCC(=O)O)N1CCNC(=O)C1. The monoisotopic (exact) mass is 200 g/mol. The van der Waals surface area contributed by atoms with Gasteiger partial charge in [0.25, 0.3) is 0 Å². The van der Waals surface area contributed by atoms with Gasteiger partial charge in [-0.25, -0.2) is 0 Å². The van der Waals surface area contributed by atoms with Crippen LogP contribution in [0.1, 0.15) is 19.8 Å². The van der Waals surface area contributed by atoms with Gasteiger partial charge in [0.1, 0.15) is 0 Å². The third-order valence-corrected chi connectivity index (χ3v) is 2.47. The topological polar surface area (TPSA) is 69.6 Å². The van der Waals surface area contributed by atoms with Gasteiger partial charge in [0.15, 0.2) is 0 Å². The van der Waals surface area contributed by atoms with Gasteiger partial charge in [-0.3, -0.25) is 14.5 Å². The molecule has 5 heteroatoms. The minimum Gasteiger partial charge on any atom is -0.481 e. The van der Waals surface area contributed by atoms with Crippen LogP contribution >= 0.6 is 0 Å². The van der Waals surface area contributed by atoms with Crippen LogP contribution in [0.15, 0.2) is 0 Å². The van der Waals surface area contributed by atoms with E-state index in [2.05, 4.69) is 5.32 Å². The molecule has 1 saturated heterocycles. The van der Waals surface area contributed by atoms with Crippen molar-refractivity contribution in [3.05, 3.63) is 0 Å². The van der Waals surface area contributed by atoms with E-state index in [1.807, 2.05) is 11.8 Å². The summed E-state index contributed by atoms with van der Waals surface area (Å²) in [6, 6.07) is 0.164. The second-order valence-corrected chi connectivity index (χ2v) is 3.60. The number of nitrogens with one attached hydrogen (secondary N) is 1. The van der Waals surface area contributed by atoms with Crippen molar-refractivity contribution in [1.82, 2.24) is 10.2 Å². The van der Waals surface area contributed by atoms with Crippen molar-refractivity contribution in [3.63, 3.8) is 0 Å². The highest BCUT2D eigenvalue weighted by Crippen LogP contribution is 2.07. The molecule has 1 aliphatic heterocycles. The van der Waals surface area contributed by atoms with Crippen molar-refractivity contribution in [3.8, 4) is 0 Å². The summed E-state index contributed by atoms with van der Waals surface area (Å²) >= 11 is 0. The molecule has 1 atom stereocenters. The molecule has 1 heterocycles. The van der Waals surface area contributed by atoms with E-state index >= 15 is 0 Å². The summed E-state index contributed by atoms with van der Waals surface area (Å²) in [7, 11) is 0. The van der Waals surface area contributed by atoms with E-state index in [9.17, 15) is 9.59 Å². The summed E-state index contributed by atoms with van der Waals surface area (Å²) in [6.07, 6.45) is 0.766. The molecular weight excluding hydrogens is 184 g/mol. The number of piperazine rings is 1. The van der Waals surface area contributed by atoms with Crippen molar-refractivity contribution in [2.45, 2.75) is 25.8 Å². The highest BCUT2D eigenvalue weighted by molar-refractivity contribution is 5.78. The predicted octanol–water partition coefficient (Wildman–Crippen LogP) is -0.328. The summed E-state index contributed by atoms with van der Waals surface area (Å²) < 4.78 is 0. The van der Waals surface area contributed by atoms with Crippen LogP contribution < -0.4 is 5.32 Å². The number of nitrogens with zero attached hydrogens (tertiary/aromatic N) is 1. The predicted molar refractivity (Wildman–Crippen MR) is 50.9 cm³/mol. The molecule has 2 N–H and O–H groups in total. The maximum Gasteiger partial charge on any atom is 0.303 e. The van der Waals surface area contributed by atoms with Crippen molar-refractivity contribution >= 4 is 11.9 Å². The molecule has 1 aliphatic rings. The summed E-state index contributed by atoms with van der Waals surface area (Å²) in [5, 5.41) is 11.2. The lowest BCUT2D eigenvalue weighted by Gasteiger charge is -2.31. The Morgan fingerprint density at radius 2 is 2.43 bits per heavy atom. The summed E-state index contributed by atoms with van der Waals surface area (Å²) in [5.74, 6) is -0.753. The summed E-state index contributed by atoms with van der Waals surface area (Å²) in [6.45, 7) is 3.82. The molecule has 1 fully saturated rings. The average Bonchev–Trinajstić information content (AvgIpc) is 2.14. The summed E-state index contributed by atoms with van der Waals surface area (Å²) in [5.41, 5.74) is 0. The Morgan fingerprint density at radius 3 is 3.00 bits per heavy atom. The van der Waals surface area contributed by atoms with E-state index in [0.29, 0.717) is 19.5 Å². The van der Waals surface area contributed by atoms with Crippen LogP contribution in [0.2, 0.25) is 0 Å². The van der Waals surface area contributed by atoms with E-state index in [0.717, 1.165) is 6.54 Å². The Hall–Kier alpha value is -1.10. The molecule has 1 unspecified atom stereocenters. The fourth-order valence-electron chi connectivity index (χ4n) is 1.55. The highest BCUT2D eigenvalue weighted by Gasteiger charge is 2.21. The Balaban J connectivity index is 2.31. The number of hydrogen-bond donors (Lipinski definition) is 2. The first-order valence-electron chi connectivity index (χ1n) is 4.82. The quantitative estimate of drug-likeness (QED) is 0.652. The molecule has 0 aromatic carbocycles. The number of carbonyl (C=O) groups excluding carboxylic acids is 1. The van der Waals surface area contributed by atoms with Gasteiger partial charge in [-0.2, -0.15) is 0 Å². The van der Waals surface area contributed by atoms with Gasteiger partial charge < -0.3 is 10.4 Å². The third-order valence-electron chi connectivity index (χ3n) is 2.47.